The van der Waals surface area contributed by atoms with Crippen LogP contribution in [0.25, 0.3) is 0 Å². The summed E-state index contributed by atoms with van der Waals surface area (Å²) < 4.78 is 5.99. The molecule has 2 aromatic carbocycles. The fraction of sp³-hybridized carbons (Fsp3) is 0.222. The van der Waals surface area contributed by atoms with Crippen LogP contribution in [-0.2, 0) is 11.2 Å². The number of Topliss-reactive ketones (excluding diaryl/α,β-unsaturated/α-hetero) is 1. The lowest BCUT2D eigenvalue weighted by molar-refractivity contribution is 0.0523. The molecule has 0 radical (unpaired) electrons. The van der Waals surface area contributed by atoms with Crippen molar-refractivity contribution in [1.29, 1.82) is 0 Å². The van der Waals surface area contributed by atoms with Gasteiger partial charge in [-0.2, -0.15) is 0 Å². The Morgan fingerprint density at radius 2 is 1.77 bits per heavy atom. The summed E-state index contributed by atoms with van der Waals surface area (Å²) in [7, 11) is 0. The first-order valence-electron chi connectivity index (χ1n) is 7.15. The molecule has 22 heavy (non-hydrogen) atoms. The van der Waals surface area contributed by atoms with Crippen molar-refractivity contribution in [3.8, 4) is 0 Å². The summed E-state index contributed by atoms with van der Waals surface area (Å²) in [6.07, 6.45) is 0.988. The van der Waals surface area contributed by atoms with Crippen molar-refractivity contribution >= 4 is 27.7 Å². The van der Waals surface area contributed by atoms with Gasteiger partial charge < -0.3 is 4.74 Å². The summed E-state index contributed by atoms with van der Waals surface area (Å²) in [5.74, 6) is -0.502. The number of hydrogen-bond acceptors (Lipinski definition) is 3. The molecule has 0 unspecified atom stereocenters. The van der Waals surface area contributed by atoms with Crippen LogP contribution in [-0.4, -0.2) is 18.4 Å². The number of ether oxygens (including phenoxy) is 1. The molecule has 0 saturated carbocycles. The Labute approximate surface area is 138 Å². The van der Waals surface area contributed by atoms with Crippen molar-refractivity contribution in [3.05, 3.63) is 69.7 Å². The Morgan fingerprint density at radius 3 is 2.45 bits per heavy atom. The molecule has 0 bridgehead atoms. The van der Waals surface area contributed by atoms with Crippen molar-refractivity contribution in [2.75, 3.05) is 6.61 Å². The third kappa shape index (κ3) is 4.28. The number of esters is 1. The van der Waals surface area contributed by atoms with Gasteiger partial charge in [0.1, 0.15) is 0 Å². The van der Waals surface area contributed by atoms with Gasteiger partial charge in [0.05, 0.1) is 12.2 Å². The number of hydrogen-bond donors (Lipinski definition) is 0. The molecular weight excluding hydrogens is 344 g/mol. The van der Waals surface area contributed by atoms with Crippen LogP contribution in [0.4, 0.5) is 0 Å². The van der Waals surface area contributed by atoms with Crippen molar-refractivity contribution in [3.63, 3.8) is 0 Å². The maximum absolute atomic E-state index is 12.4. The van der Waals surface area contributed by atoms with Crippen LogP contribution in [0.1, 0.15) is 39.6 Å². The molecule has 0 aliphatic heterocycles. The third-order valence-electron chi connectivity index (χ3n) is 3.25. The molecule has 2 rings (SSSR count). The van der Waals surface area contributed by atoms with Crippen molar-refractivity contribution in [2.24, 2.45) is 0 Å². The maximum Gasteiger partial charge on any atom is 0.338 e. The SMILES string of the molecule is CCOC(=O)c1ccccc1C(=O)CCc1cccc(Br)c1. The molecule has 0 aliphatic rings. The summed E-state index contributed by atoms with van der Waals surface area (Å²) in [5, 5.41) is 0. The maximum atomic E-state index is 12.4. The van der Waals surface area contributed by atoms with Gasteiger partial charge >= 0.3 is 5.97 Å². The molecule has 0 fully saturated rings. The second-order valence-corrected chi connectivity index (χ2v) is 5.73. The fourth-order valence-corrected chi connectivity index (χ4v) is 2.64. The van der Waals surface area contributed by atoms with E-state index in [1.54, 1.807) is 31.2 Å². The quantitative estimate of drug-likeness (QED) is 0.564. The van der Waals surface area contributed by atoms with Gasteiger partial charge in [-0.15, -0.1) is 0 Å². The Morgan fingerprint density at radius 1 is 1.05 bits per heavy atom. The van der Waals surface area contributed by atoms with Gasteiger partial charge in [-0.05, 0) is 37.1 Å². The van der Waals surface area contributed by atoms with Crippen LogP contribution in [0.15, 0.2) is 53.0 Å². The molecule has 0 aromatic heterocycles. The highest BCUT2D eigenvalue weighted by Gasteiger charge is 2.17. The molecule has 2 aromatic rings. The van der Waals surface area contributed by atoms with E-state index in [1.807, 2.05) is 24.3 Å². The van der Waals surface area contributed by atoms with E-state index in [2.05, 4.69) is 15.9 Å². The summed E-state index contributed by atoms with van der Waals surface area (Å²) >= 11 is 3.42. The molecule has 0 N–H and O–H groups in total. The number of ketones is 1. The number of halogens is 1. The lowest BCUT2D eigenvalue weighted by Crippen LogP contribution is -2.12. The highest BCUT2D eigenvalue weighted by molar-refractivity contribution is 9.10. The fourth-order valence-electron chi connectivity index (χ4n) is 2.20. The summed E-state index contributed by atoms with van der Waals surface area (Å²) in [5.41, 5.74) is 1.84. The van der Waals surface area contributed by atoms with E-state index < -0.39 is 5.97 Å². The lowest BCUT2D eigenvalue weighted by Gasteiger charge is -2.08. The van der Waals surface area contributed by atoms with Crippen LogP contribution in [0.2, 0.25) is 0 Å². The highest BCUT2D eigenvalue weighted by atomic mass is 79.9. The first kappa shape index (κ1) is 16.4. The van der Waals surface area contributed by atoms with Gasteiger partial charge in [-0.3, -0.25) is 4.79 Å². The molecule has 0 saturated heterocycles. The molecule has 3 nitrogen and oxygen atoms in total. The number of carbonyl (C=O) groups excluding carboxylic acids is 2. The van der Waals surface area contributed by atoms with Gasteiger partial charge in [-0.25, -0.2) is 4.79 Å². The Bertz CT molecular complexity index is 680. The summed E-state index contributed by atoms with van der Waals surface area (Å²) in [6, 6.07) is 14.7. The van der Waals surface area contributed by atoms with Gasteiger partial charge in [0.15, 0.2) is 5.78 Å². The number of aryl methyl sites for hydroxylation is 1. The molecule has 4 heteroatoms. The van der Waals surface area contributed by atoms with Gasteiger partial charge in [-0.1, -0.05) is 46.3 Å². The van der Waals surface area contributed by atoms with E-state index in [4.69, 9.17) is 4.74 Å². The van der Waals surface area contributed by atoms with E-state index in [-0.39, 0.29) is 5.78 Å². The van der Waals surface area contributed by atoms with Gasteiger partial charge in [0.2, 0.25) is 0 Å². The van der Waals surface area contributed by atoms with Crippen LogP contribution in [0, 0.1) is 0 Å². The molecule has 0 heterocycles. The van der Waals surface area contributed by atoms with Gasteiger partial charge in [0, 0.05) is 16.5 Å². The normalized spacial score (nSPS) is 10.3. The topological polar surface area (TPSA) is 43.4 Å². The largest absolute Gasteiger partial charge is 0.462 e. The number of rotatable bonds is 6. The van der Waals surface area contributed by atoms with Crippen molar-refractivity contribution in [1.82, 2.24) is 0 Å². The Hall–Kier alpha value is -1.94. The number of carbonyl (C=O) groups is 2. The Balaban J connectivity index is 2.11. The molecule has 114 valence electrons. The van der Waals surface area contributed by atoms with Crippen LogP contribution in [0.3, 0.4) is 0 Å². The third-order valence-corrected chi connectivity index (χ3v) is 3.75. The zero-order chi connectivity index (χ0) is 15.9. The minimum atomic E-state index is -0.450. The minimum Gasteiger partial charge on any atom is -0.462 e. The smallest absolute Gasteiger partial charge is 0.338 e. The van der Waals surface area contributed by atoms with E-state index >= 15 is 0 Å². The van der Waals surface area contributed by atoms with E-state index in [1.165, 1.54) is 0 Å². The molecule has 0 atom stereocenters. The predicted octanol–water partition coefficient (Wildman–Crippen LogP) is 4.44. The standard InChI is InChI=1S/C18H17BrO3/c1-2-22-18(21)16-9-4-3-8-15(16)17(20)11-10-13-6-5-7-14(19)12-13/h3-9,12H,2,10-11H2,1H3. The lowest BCUT2D eigenvalue weighted by atomic mass is 9.98. The minimum absolute atomic E-state index is 0.0522. The predicted molar refractivity (Wildman–Crippen MR) is 89.2 cm³/mol. The molecular formula is C18H17BrO3. The first-order chi connectivity index (χ1) is 10.6. The highest BCUT2D eigenvalue weighted by Crippen LogP contribution is 2.17. The molecule has 0 aliphatic carbocycles. The van der Waals surface area contributed by atoms with E-state index in [0.29, 0.717) is 30.6 Å². The molecule has 0 spiro atoms. The second-order valence-electron chi connectivity index (χ2n) is 4.82. The summed E-state index contributed by atoms with van der Waals surface area (Å²) in [4.78, 5) is 24.3. The van der Waals surface area contributed by atoms with Gasteiger partial charge in [0.25, 0.3) is 0 Å². The van der Waals surface area contributed by atoms with Crippen LogP contribution < -0.4 is 0 Å². The molecule has 0 amide bonds. The van der Waals surface area contributed by atoms with E-state index in [0.717, 1.165) is 10.0 Å². The van der Waals surface area contributed by atoms with Crippen molar-refractivity contribution < 1.29 is 14.3 Å². The monoisotopic (exact) mass is 360 g/mol. The van der Waals surface area contributed by atoms with Crippen LogP contribution in [0.5, 0.6) is 0 Å². The average Bonchev–Trinajstić information content (AvgIpc) is 2.53. The first-order valence-corrected chi connectivity index (χ1v) is 7.95. The zero-order valence-corrected chi connectivity index (χ0v) is 13.9. The zero-order valence-electron chi connectivity index (χ0n) is 12.3. The number of benzene rings is 2. The van der Waals surface area contributed by atoms with E-state index in [9.17, 15) is 9.59 Å². The average molecular weight is 361 g/mol. The second kappa shape index (κ2) is 7.90. The van der Waals surface area contributed by atoms with Crippen LogP contribution >= 0.6 is 15.9 Å². The van der Waals surface area contributed by atoms with Crippen molar-refractivity contribution in [2.45, 2.75) is 19.8 Å². The Kier molecular flexibility index (Phi) is 5.90. The summed E-state index contributed by atoms with van der Waals surface area (Å²) in [6.45, 7) is 2.04.